The average Bonchev–Trinajstić information content (AvgIpc) is 3.19. The zero-order valence-electron chi connectivity index (χ0n) is 17.3. The van der Waals surface area contributed by atoms with Gasteiger partial charge in [-0.15, -0.1) is 0 Å². The maximum absolute atomic E-state index is 13.3. The number of nitrogens with zero attached hydrogens (tertiary/aromatic N) is 1. The first-order valence-corrected chi connectivity index (χ1v) is 9.94. The smallest absolute Gasteiger partial charge is 0.298 e. The van der Waals surface area contributed by atoms with E-state index in [-0.39, 0.29) is 0 Å². The van der Waals surface area contributed by atoms with E-state index in [1.807, 2.05) is 61.5 Å². The molecule has 0 saturated heterocycles. The summed E-state index contributed by atoms with van der Waals surface area (Å²) in [6.07, 6.45) is 1.77. The fourth-order valence-corrected chi connectivity index (χ4v) is 3.48. The molecule has 2 aromatic heterocycles. The number of fused-ring (bicyclic) bond motifs is 1. The molecule has 0 saturated carbocycles. The van der Waals surface area contributed by atoms with Gasteiger partial charge < -0.3 is 19.2 Å². The molecule has 0 atom stereocenters. The summed E-state index contributed by atoms with van der Waals surface area (Å²) in [5.41, 5.74) is 3.06. The van der Waals surface area contributed by atoms with Crippen LogP contribution in [0, 0.1) is 0 Å². The van der Waals surface area contributed by atoms with Crippen molar-refractivity contribution in [1.82, 2.24) is 4.40 Å². The zero-order chi connectivity index (χ0) is 21.8. The number of nitrogens with one attached hydrogen (secondary N) is 1. The maximum Gasteiger partial charge on any atom is 0.298 e. The third-order valence-electron chi connectivity index (χ3n) is 4.94. The van der Waals surface area contributed by atoms with Gasteiger partial charge in [-0.3, -0.25) is 9.59 Å². The number of amides is 1. The van der Waals surface area contributed by atoms with Crippen LogP contribution in [0.5, 0.6) is 11.5 Å². The minimum atomic E-state index is -0.731. The van der Waals surface area contributed by atoms with Crippen molar-refractivity contribution < 1.29 is 19.1 Å². The van der Waals surface area contributed by atoms with Crippen LogP contribution in [-0.2, 0) is 4.79 Å². The molecule has 0 aliphatic heterocycles. The molecule has 0 aliphatic rings. The molecule has 1 N–H and O–H groups in total. The van der Waals surface area contributed by atoms with Gasteiger partial charge in [0.2, 0.25) is 0 Å². The number of ketones is 1. The van der Waals surface area contributed by atoms with Crippen LogP contribution >= 0.6 is 0 Å². The molecule has 1 amide bonds. The highest BCUT2D eigenvalue weighted by molar-refractivity contribution is 6.47. The molecule has 0 unspecified atom stereocenters. The van der Waals surface area contributed by atoms with Crippen molar-refractivity contribution in [2.45, 2.75) is 6.92 Å². The molecule has 0 fully saturated rings. The largest absolute Gasteiger partial charge is 0.497 e. The number of benzene rings is 2. The van der Waals surface area contributed by atoms with Gasteiger partial charge in [0.15, 0.2) is 0 Å². The summed E-state index contributed by atoms with van der Waals surface area (Å²) >= 11 is 0. The predicted molar refractivity (Wildman–Crippen MR) is 120 cm³/mol. The molecule has 2 aromatic carbocycles. The van der Waals surface area contributed by atoms with E-state index >= 15 is 0 Å². The highest BCUT2D eigenvalue weighted by atomic mass is 16.5. The van der Waals surface area contributed by atoms with Crippen molar-refractivity contribution in [1.29, 1.82) is 0 Å². The zero-order valence-corrected chi connectivity index (χ0v) is 17.3. The molecule has 0 aliphatic carbocycles. The number of hydrogen-bond donors (Lipinski definition) is 1. The quantitative estimate of drug-likeness (QED) is 0.347. The van der Waals surface area contributed by atoms with E-state index in [4.69, 9.17) is 9.47 Å². The van der Waals surface area contributed by atoms with Crippen molar-refractivity contribution in [2.24, 2.45) is 0 Å². The summed E-state index contributed by atoms with van der Waals surface area (Å²) in [6.45, 7) is 2.31. The number of hydrogen-bond acceptors (Lipinski definition) is 4. The van der Waals surface area contributed by atoms with Crippen LogP contribution in [-0.4, -0.2) is 29.8 Å². The van der Waals surface area contributed by atoms with E-state index in [0.717, 1.165) is 11.1 Å². The fraction of sp³-hybridized carbons (Fsp3) is 0.120. The van der Waals surface area contributed by atoms with E-state index in [2.05, 4.69) is 5.32 Å². The average molecular weight is 414 g/mol. The lowest BCUT2D eigenvalue weighted by Crippen LogP contribution is -2.25. The Labute approximate surface area is 180 Å². The number of rotatable bonds is 7. The Morgan fingerprint density at radius 1 is 0.968 bits per heavy atom. The number of ether oxygens (including phenoxy) is 2. The van der Waals surface area contributed by atoms with E-state index in [9.17, 15) is 9.59 Å². The molecular formula is C25H22N2O4. The fourth-order valence-electron chi connectivity index (χ4n) is 3.48. The lowest BCUT2D eigenvalue weighted by molar-refractivity contribution is -0.112. The van der Waals surface area contributed by atoms with Crippen LogP contribution in [0.25, 0.3) is 16.6 Å². The van der Waals surface area contributed by atoms with Crippen molar-refractivity contribution in [3.8, 4) is 22.6 Å². The van der Waals surface area contributed by atoms with Crippen LogP contribution < -0.4 is 14.8 Å². The summed E-state index contributed by atoms with van der Waals surface area (Å²) in [7, 11) is 1.60. The summed E-state index contributed by atoms with van der Waals surface area (Å²) in [5.74, 6) is -0.138. The molecule has 6 nitrogen and oxygen atoms in total. The first-order chi connectivity index (χ1) is 15.1. The molecule has 2 heterocycles. The SMILES string of the molecule is CCOc1ccccc1NC(=O)C(=O)c1c(-c2ccc(OC)cc2)cc2ccccn12. The van der Waals surface area contributed by atoms with Crippen LogP contribution in [0.3, 0.4) is 0 Å². The standard InChI is InChI=1S/C25H22N2O4/c1-3-31-22-10-5-4-9-21(22)26-25(29)24(28)23-20(16-18-8-6-7-15-27(18)23)17-11-13-19(30-2)14-12-17/h4-16H,3H2,1-2H3,(H,26,29). The number of methoxy groups -OCH3 is 1. The van der Waals surface area contributed by atoms with Gasteiger partial charge in [0.1, 0.15) is 17.2 Å². The number of Topliss-reactive ketones (excluding diaryl/α,β-unsaturated/α-hetero) is 1. The monoisotopic (exact) mass is 414 g/mol. The molecule has 4 rings (SSSR count). The normalized spacial score (nSPS) is 10.6. The molecule has 0 radical (unpaired) electrons. The van der Waals surface area contributed by atoms with Crippen molar-refractivity contribution in [3.05, 3.63) is 84.7 Å². The first-order valence-electron chi connectivity index (χ1n) is 9.94. The van der Waals surface area contributed by atoms with Gasteiger partial charge in [-0.25, -0.2) is 0 Å². The van der Waals surface area contributed by atoms with Crippen LogP contribution in [0.1, 0.15) is 17.4 Å². The summed E-state index contributed by atoms with van der Waals surface area (Å²) < 4.78 is 12.5. The molecule has 4 aromatic rings. The minimum absolute atomic E-state index is 0.298. The third-order valence-corrected chi connectivity index (χ3v) is 4.94. The Balaban J connectivity index is 1.74. The predicted octanol–water partition coefficient (Wildman–Crippen LogP) is 4.84. The summed E-state index contributed by atoms with van der Waals surface area (Å²) in [4.78, 5) is 26.3. The number of anilines is 1. The molecular weight excluding hydrogens is 392 g/mol. The van der Waals surface area contributed by atoms with Crippen LogP contribution in [0.15, 0.2) is 79.0 Å². The second kappa shape index (κ2) is 8.75. The van der Waals surface area contributed by atoms with Gasteiger partial charge in [0.05, 0.1) is 19.4 Å². The molecule has 0 spiro atoms. The second-order valence-corrected chi connectivity index (χ2v) is 6.84. The van der Waals surface area contributed by atoms with Crippen molar-refractivity contribution in [3.63, 3.8) is 0 Å². The first kappa shape index (κ1) is 20.2. The van der Waals surface area contributed by atoms with Gasteiger partial charge in [-0.2, -0.15) is 0 Å². The van der Waals surface area contributed by atoms with E-state index in [1.165, 1.54) is 0 Å². The van der Waals surface area contributed by atoms with Crippen molar-refractivity contribution in [2.75, 3.05) is 19.0 Å². The molecule has 0 bridgehead atoms. The molecule has 6 heteroatoms. The summed E-state index contributed by atoms with van der Waals surface area (Å²) in [6, 6.07) is 21.9. The Bertz CT molecular complexity index is 1240. The van der Waals surface area contributed by atoms with Crippen molar-refractivity contribution >= 4 is 22.9 Å². The lowest BCUT2D eigenvalue weighted by atomic mass is 10.0. The number of para-hydroxylation sites is 2. The topological polar surface area (TPSA) is 69.0 Å². The Morgan fingerprint density at radius 2 is 1.71 bits per heavy atom. The highest BCUT2D eigenvalue weighted by Gasteiger charge is 2.25. The number of aromatic nitrogens is 1. The maximum atomic E-state index is 13.3. The van der Waals surface area contributed by atoms with E-state index in [1.54, 1.807) is 35.9 Å². The van der Waals surface area contributed by atoms with Crippen LogP contribution in [0.2, 0.25) is 0 Å². The Hall–Kier alpha value is -4.06. The van der Waals surface area contributed by atoms with E-state index < -0.39 is 11.7 Å². The minimum Gasteiger partial charge on any atom is -0.497 e. The summed E-state index contributed by atoms with van der Waals surface area (Å²) in [5, 5.41) is 2.70. The number of carbonyl (C=O) groups is 2. The van der Waals surface area contributed by atoms with Gasteiger partial charge >= 0.3 is 0 Å². The van der Waals surface area contributed by atoms with Gasteiger partial charge in [-0.1, -0.05) is 30.3 Å². The second-order valence-electron chi connectivity index (χ2n) is 6.84. The molecule has 31 heavy (non-hydrogen) atoms. The Morgan fingerprint density at radius 3 is 2.45 bits per heavy atom. The molecule has 156 valence electrons. The van der Waals surface area contributed by atoms with E-state index in [0.29, 0.717) is 35.1 Å². The highest BCUT2D eigenvalue weighted by Crippen LogP contribution is 2.30. The Kier molecular flexibility index (Phi) is 5.71. The number of carbonyl (C=O) groups excluding carboxylic acids is 2. The van der Waals surface area contributed by atoms with Gasteiger partial charge in [-0.05, 0) is 55.0 Å². The lowest BCUT2D eigenvalue weighted by Gasteiger charge is -2.11. The third kappa shape index (κ3) is 4.00. The van der Waals surface area contributed by atoms with Gasteiger partial charge in [0, 0.05) is 17.3 Å². The van der Waals surface area contributed by atoms with Gasteiger partial charge in [0.25, 0.3) is 11.7 Å². The number of pyridine rings is 1. The van der Waals surface area contributed by atoms with Crippen LogP contribution in [0.4, 0.5) is 5.69 Å².